The Morgan fingerprint density at radius 3 is 2.80 bits per heavy atom. The van der Waals surface area contributed by atoms with E-state index in [1.165, 1.54) is 32.4 Å². The van der Waals surface area contributed by atoms with Gasteiger partial charge in [-0.05, 0) is 45.3 Å². The largest absolute Gasteiger partial charge is 0.396 e. The molecule has 0 aliphatic carbocycles. The Morgan fingerprint density at radius 1 is 1.47 bits per heavy atom. The van der Waals surface area contributed by atoms with Crippen LogP contribution in [0.1, 0.15) is 32.6 Å². The van der Waals surface area contributed by atoms with Crippen LogP contribution in [0, 0.1) is 5.92 Å². The SMILES string of the molecule is CCCC(CCO)CNC1CCN(C)C1. The fraction of sp³-hybridized carbons (Fsp3) is 1.00. The van der Waals surface area contributed by atoms with Crippen molar-refractivity contribution < 1.29 is 5.11 Å². The normalized spacial score (nSPS) is 24.6. The van der Waals surface area contributed by atoms with Crippen molar-refractivity contribution in [3.05, 3.63) is 0 Å². The van der Waals surface area contributed by atoms with Crippen molar-refractivity contribution in [2.24, 2.45) is 5.92 Å². The molecule has 0 spiro atoms. The predicted molar refractivity (Wildman–Crippen MR) is 64.0 cm³/mol. The Balaban J connectivity index is 2.15. The molecule has 0 saturated carbocycles. The molecule has 1 aliphatic heterocycles. The molecule has 3 heteroatoms. The Labute approximate surface area is 93.9 Å². The first kappa shape index (κ1) is 12.9. The second kappa shape index (κ2) is 7.20. The highest BCUT2D eigenvalue weighted by Crippen LogP contribution is 2.12. The van der Waals surface area contributed by atoms with Gasteiger partial charge in [0.2, 0.25) is 0 Å². The summed E-state index contributed by atoms with van der Waals surface area (Å²) in [4.78, 5) is 2.37. The summed E-state index contributed by atoms with van der Waals surface area (Å²) in [5.74, 6) is 0.658. The zero-order chi connectivity index (χ0) is 11.1. The van der Waals surface area contributed by atoms with Crippen molar-refractivity contribution >= 4 is 0 Å². The third-order valence-corrected chi connectivity index (χ3v) is 3.32. The fourth-order valence-corrected chi connectivity index (χ4v) is 2.37. The Bertz CT molecular complexity index is 158. The van der Waals surface area contributed by atoms with E-state index in [4.69, 9.17) is 5.11 Å². The standard InChI is InChI=1S/C12H26N2O/c1-3-4-11(6-8-15)9-13-12-5-7-14(2)10-12/h11-13,15H,3-10H2,1-2H3. The van der Waals surface area contributed by atoms with Crippen LogP contribution >= 0.6 is 0 Å². The van der Waals surface area contributed by atoms with E-state index in [1.54, 1.807) is 0 Å². The van der Waals surface area contributed by atoms with E-state index in [2.05, 4.69) is 24.2 Å². The van der Waals surface area contributed by atoms with Gasteiger partial charge in [0.05, 0.1) is 0 Å². The first-order chi connectivity index (χ1) is 7.26. The molecule has 3 nitrogen and oxygen atoms in total. The predicted octanol–water partition coefficient (Wildman–Crippen LogP) is 1.08. The van der Waals surface area contributed by atoms with Crippen molar-refractivity contribution in [1.29, 1.82) is 0 Å². The topological polar surface area (TPSA) is 35.5 Å². The molecule has 1 rings (SSSR count). The summed E-state index contributed by atoms with van der Waals surface area (Å²) in [5.41, 5.74) is 0. The fourth-order valence-electron chi connectivity index (χ4n) is 2.37. The third-order valence-electron chi connectivity index (χ3n) is 3.32. The lowest BCUT2D eigenvalue weighted by atomic mass is 10.00. The zero-order valence-electron chi connectivity index (χ0n) is 10.2. The molecule has 0 bridgehead atoms. The molecule has 1 heterocycles. The van der Waals surface area contributed by atoms with Crippen LogP contribution in [0.2, 0.25) is 0 Å². The van der Waals surface area contributed by atoms with Crippen LogP contribution in [0.4, 0.5) is 0 Å². The van der Waals surface area contributed by atoms with Crippen LogP contribution in [0.5, 0.6) is 0 Å². The van der Waals surface area contributed by atoms with Gasteiger partial charge < -0.3 is 15.3 Å². The number of likely N-dealkylation sites (N-methyl/N-ethyl adjacent to an activating group) is 1. The highest BCUT2D eigenvalue weighted by molar-refractivity contribution is 4.79. The first-order valence-corrected chi connectivity index (χ1v) is 6.29. The number of hydrogen-bond acceptors (Lipinski definition) is 3. The summed E-state index contributed by atoms with van der Waals surface area (Å²) in [5, 5.41) is 12.6. The Hall–Kier alpha value is -0.120. The molecular weight excluding hydrogens is 188 g/mol. The van der Waals surface area contributed by atoms with E-state index in [-0.39, 0.29) is 0 Å². The molecule has 1 aliphatic rings. The smallest absolute Gasteiger partial charge is 0.0434 e. The van der Waals surface area contributed by atoms with E-state index in [9.17, 15) is 0 Å². The van der Waals surface area contributed by atoms with E-state index in [0.29, 0.717) is 18.6 Å². The van der Waals surface area contributed by atoms with Crippen molar-refractivity contribution in [1.82, 2.24) is 10.2 Å². The van der Waals surface area contributed by atoms with Crippen LogP contribution in [-0.4, -0.2) is 49.3 Å². The van der Waals surface area contributed by atoms with Crippen molar-refractivity contribution in [2.75, 3.05) is 33.3 Å². The van der Waals surface area contributed by atoms with E-state index in [0.717, 1.165) is 13.0 Å². The van der Waals surface area contributed by atoms with Crippen molar-refractivity contribution in [3.63, 3.8) is 0 Å². The minimum atomic E-state index is 0.330. The van der Waals surface area contributed by atoms with Crippen LogP contribution in [-0.2, 0) is 0 Å². The average Bonchev–Trinajstić information content (AvgIpc) is 2.61. The molecule has 2 atom stereocenters. The molecule has 90 valence electrons. The van der Waals surface area contributed by atoms with Gasteiger partial charge in [-0.15, -0.1) is 0 Å². The number of nitrogens with one attached hydrogen (secondary N) is 1. The summed E-state index contributed by atoms with van der Waals surface area (Å²) in [6.45, 7) is 6.02. The highest BCUT2D eigenvalue weighted by atomic mass is 16.3. The molecule has 1 saturated heterocycles. The van der Waals surface area contributed by atoms with Crippen LogP contribution < -0.4 is 5.32 Å². The van der Waals surface area contributed by atoms with Crippen molar-refractivity contribution in [3.8, 4) is 0 Å². The lowest BCUT2D eigenvalue weighted by Crippen LogP contribution is -2.35. The van der Waals surface area contributed by atoms with Gasteiger partial charge >= 0.3 is 0 Å². The van der Waals surface area contributed by atoms with Gasteiger partial charge in [0.1, 0.15) is 0 Å². The molecule has 0 aromatic rings. The maximum Gasteiger partial charge on any atom is 0.0434 e. The Kier molecular flexibility index (Phi) is 6.22. The third kappa shape index (κ3) is 4.96. The molecule has 1 fully saturated rings. The monoisotopic (exact) mass is 214 g/mol. The maximum absolute atomic E-state index is 8.96. The van der Waals surface area contributed by atoms with Crippen molar-refractivity contribution in [2.45, 2.75) is 38.6 Å². The first-order valence-electron chi connectivity index (χ1n) is 6.29. The molecule has 0 radical (unpaired) electrons. The molecule has 0 amide bonds. The van der Waals surface area contributed by atoms with Gasteiger partial charge in [-0.1, -0.05) is 13.3 Å². The van der Waals surface area contributed by atoms with Crippen LogP contribution in [0.15, 0.2) is 0 Å². The summed E-state index contributed by atoms with van der Waals surface area (Å²) in [6, 6.07) is 0.674. The van der Waals surface area contributed by atoms with Crippen LogP contribution in [0.25, 0.3) is 0 Å². The van der Waals surface area contributed by atoms with Gasteiger partial charge in [-0.2, -0.15) is 0 Å². The number of nitrogens with zero attached hydrogens (tertiary/aromatic N) is 1. The Morgan fingerprint density at radius 2 is 2.27 bits per heavy atom. The molecule has 2 unspecified atom stereocenters. The quantitative estimate of drug-likeness (QED) is 0.665. The number of aliphatic hydroxyl groups excluding tert-OH is 1. The number of hydrogen-bond donors (Lipinski definition) is 2. The maximum atomic E-state index is 8.96. The van der Waals surface area contributed by atoms with Gasteiger partial charge in [0, 0.05) is 19.2 Å². The van der Waals surface area contributed by atoms with E-state index in [1.807, 2.05) is 0 Å². The molecule has 15 heavy (non-hydrogen) atoms. The summed E-state index contributed by atoms with van der Waals surface area (Å²) in [6.07, 6.45) is 4.67. The summed E-state index contributed by atoms with van der Waals surface area (Å²) in [7, 11) is 2.18. The van der Waals surface area contributed by atoms with Gasteiger partial charge in [0.25, 0.3) is 0 Å². The lowest BCUT2D eigenvalue weighted by molar-refractivity contribution is 0.245. The van der Waals surface area contributed by atoms with E-state index < -0.39 is 0 Å². The molecule has 2 N–H and O–H groups in total. The minimum Gasteiger partial charge on any atom is -0.396 e. The second-order valence-corrected chi connectivity index (χ2v) is 4.82. The summed E-state index contributed by atoms with van der Waals surface area (Å²) < 4.78 is 0. The number of aliphatic hydroxyl groups is 1. The molecule has 0 aromatic carbocycles. The molecular formula is C12H26N2O. The van der Waals surface area contributed by atoms with Gasteiger partial charge in [-0.25, -0.2) is 0 Å². The van der Waals surface area contributed by atoms with Gasteiger partial charge in [-0.3, -0.25) is 0 Å². The lowest BCUT2D eigenvalue weighted by Gasteiger charge is -2.19. The van der Waals surface area contributed by atoms with Gasteiger partial charge in [0.15, 0.2) is 0 Å². The molecule has 0 aromatic heterocycles. The van der Waals surface area contributed by atoms with E-state index >= 15 is 0 Å². The zero-order valence-corrected chi connectivity index (χ0v) is 10.2. The summed E-state index contributed by atoms with van der Waals surface area (Å²) >= 11 is 0. The minimum absolute atomic E-state index is 0.330. The number of rotatable bonds is 7. The number of likely N-dealkylation sites (tertiary alicyclic amines) is 1. The second-order valence-electron chi connectivity index (χ2n) is 4.82. The van der Waals surface area contributed by atoms with Crippen LogP contribution in [0.3, 0.4) is 0 Å². The highest BCUT2D eigenvalue weighted by Gasteiger charge is 2.19. The average molecular weight is 214 g/mol.